The van der Waals surface area contributed by atoms with E-state index in [-0.39, 0.29) is 5.91 Å². The van der Waals surface area contributed by atoms with E-state index in [9.17, 15) is 4.79 Å². The van der Waals surface area contributed by atoms with Crippen LogP contribution in [0.4, 0.5) is 5.69 Å². The van der Waals surface area contributed by atoms with Crippen LogP contribution in [0.15, 0.2) is 30.5 Å². The normalized spacial score (nSPS) is 10.3. The van der Waals surface area contributed by atoms with Crippen molar-refractivity contribution in [2.45, 2.75) is 20.4 Å². The molecule has 0 aliphatic heterocycles. The molecular formula is C14H17N3O2. The number of amides is 1. The summed E-state index contributed by atoms with van der Waals surface area (Å²) >= 11 is 0. The van der Waals surface area contributed by atoms with Crippen LogP contribution in [0.2, 0.25) is 0 Å². The van der Waals surface area contributed by atoms with Gasteiger partial charge in [0, 0.05) is 24.5 Å². The van der Waals surface area contributed by atoms with Gasteiger partial charge in [0.2, 0.25) is 0 Å². The Morgan fingerprint density at radius 1 is 1.47 bits per heavy atom. The fourth-order valence-electron chi connectivity index (χ4n) is 1.80. The molecule has 2 aromatic rings. The highest BCUT2D eigenvalue weighted by molar-refractivity contribution is 6.04. The minimum absolute atomic E-state index is 0.162. The zero-order chi connectivity index (χ0) is 13.8. The lowest BCUT2D eigenvalue weighted by molar-refractivity contribution is 0.102. The zero-order valence-electron chi connectivity index (χ0n) is 11.3. The summed E-state index contributed by atoms with van der Waals surface area (Å²) in [4.78, 5) is 12.2. The number of methoxy groups -OCH3 is 1. The van der Waals surface area contributed by atoms with Crippen molar-refractivity contribution < 1.29 is 9.53 Å². The van der Waals surface area contributed by atoms with Gasteiger partial charge in [0.25, 0.3) is 5.91 Å². The molecule has 0 spiro atoms. The molecule has 1 aromatic heterocycles. The number of rotatable bonds is 4. The number of hydrogen-bond donors (Lipinski definition) is 1. The second-order valence-electron chi connectivity index (χ2n) is 4.17. The van der Waals surface area contributed by atoms with Gasteiger partial charge in [-0.2, -0.15) is 5.10 Å². The number of nitrogens with one attached hydrogen (secondary N) is 1. The molecule has 0 saturated carbocycles. The minimum atomic E-state index is -0.162. The molecule has 0 unspecified atom stereocenters. The summed E-state index contributed by atoms with van der Waals surface area (Å²) in [7, 11) is 1.59. The molecule has 1 N–H and O–H groups in total. The predicted octanol–water partition coefficient (Wildman–Crippen LogP) is 2.47. The largest absolute Gasteiger partial charge is 0.497 e. The molecular weight excluding hydrogens is 242 g/mol. The highest BCUT2D eigenvalue weighted by atomic mass is 16.5. The van der Waals surface area contributed by atoms with Gasteiger partial charge in [0.1, 0.15) is 5.75 Å². The van der Waals surface area contributed by atoms with Crippen LogP contribution < -0.4 is 10.1 Å². The number of benzene rings is 1. The van der Waals surface area contributed by atoms with E-state index in [1.165, 1.54) is 0 Å². The third-order valence-electron chi connectivity index (χ3n) is 2.84. The molecule has 0 atom stereocenters. The number of carbonyl (C=O) groups is 1. The van der Waals surface area contributed by atoms with Gasteiger partial charge < -0.3 is 10.1 Å². The van der Waals surface area contributed by atoms with E-state index in [0.717, 1.165) is 12.2 Å². The minimum Gasteiger partial charge on any atom is -0.497 e. The van der Waals surface area contributed by atoms with Crippen molar-refractivity contribution in [1.82, 2.24) is 9.78 Å². The number of aromatic nitrogens is 2. The van der Waals surface area contributed by atoms with E-state index < -0.39 is 0 Å². The highest BCUT2D eigenvalue weighted by Crippen LogP contribution is 2.18. The maximum atomic E-state index is 12.2. The molecule has 0 aliphatic rings. The molecule has 0 radical (unpaired) electrons. The quantitative estimate of drug-likeness (QED) is 0.917. The maximum absolute atomic E-state index is 12.2. The molecule has 1 aromatic carbocycles. The fourth-order valence-corrected chi connectivity index (χ4v) is 1.80. The SMILES string of the molecule is CCn1cc(C(=O)Nc2cccc(OC)c2)c(C)n1. The Morgan fingerprint density at radius 2 is 2.26 bits per heavy atom. The van der Waals surface area contributed by atoms with Gasteiger partial charge in [-0.15, -0.1) is 0 Å². The molecule has 0 aliphatic carbocycles. The Kier molecular flexibility index (Phi) is 3.85. The molecule has 5 nitrogen and oxygen atoms in total. The summed E-state index contributed by atoms with van der Waals surface area (Å²) in [6, 6.07) is 7.25. The number of carbonyl (C=O) groups excluding carboxylic acids is 1. The van der Waals surface area contributed by atoms with Crippen molar-refractivity contribution in [3.63, 3.8) is 0 Å². The Bertz CT molecular complexity index is 590. The van der Waals surface area contributed by atoms with Gasteiger partial charge in [0.05, 0.1) is 18.4 Å². The highest BCUT2D eigenvalue weighted by Gasteiger charge is 2.13. The van der Waals surface area contributed by atoms with Crippen molar-refractivity contribution in [2.75, 3.05) is 12.4 Å². The monoisotopic (exact) mass is 259 g/mol. The Hall–Kier alpha value is -2.30. The topological polar surface area (TPSA) is 56.2 Å². The van der Waals surface area contributed by atoms with Gasteiger partial charge in [-0.05, 0) is 26.0 Å². The standard InChI is InChI=1S/C14H17N3O2/c1-4-17-9-13(10(2)16-17)14(18)15-11-6-5-7-12(8-11)19-3/h5-9H,4H2,1-3H3,(H,15,18). The van der Waals surface area contributed by atoms with Crippen LogP contribution in [-0.2, 0) is 6.54 Å². The lowest BCUT2D eigenvalue weighted by Gasteiger charge is -2.06. The van der Waals surface area contributed by atoms with E-state index >= 15 is 0 Å². The van der Waals surface area contributed by atoms with Crippen molar-refractivity contribution in [1.29, 1.82) is 0 Å². The summed E-state index contributed by atoms with van der Waals surface area (Å²) in [5.41, 5.74) is 2.01. The van der Waals surface area contributed by atoms with E-state index in [0.29, 0.717) is 17.0 Å². The number of aryl methyl sites for hydroxylation is 2. The molecule has 100 valence electrons. The second-order valence-corrected chi connectivity index (χ2v) is 4.17. The fraction of sp³-hybridized carbons (Fsp3) is 0.286. The smallest absolute Gasteiger partial charge is 0.259 e. The van der Waals surface area contributed by atoms with Crippen LogP contribution in [-0.4, -0.2) is 22.8 Å². The zero-order valence-corrected chi connectivity index (χ0v) is 11.3. The summed E-state index contributed by atoms with van der Waals surface area (Å²) in [5.74, 6) is 0.546. The first-order valence-electron chi connectivity index (χ1n) is 6.13. The summed E-state index contributed by atoms with van der Waals surface area (Å²) in [6.45, 7) is 4.55. The van der Waals surface area contributed by atoms with Crippen molar-refractivity contribution in [2.24, 2.45) is 0 Å². The molecule has 0 saturated heterocycles. The van der Waals surface area contributed by atoms with Crippen molar-refractivity contribution in [3.05, 3.63) is 41.7 Å². The Labute approximate surface area is 112 Å². The van der Waals surface area contributed by atoms with E-state index in [2.05, 4.69) is 10.4 Å². The Balaban J connectivity index is 2.17. The first kappa shape index (κ1) is 13.1. The first-order chi connectivity index (χ1) is 9.13. The van der Waals surface area contributed by atoms with Crippen LogP contribution in [0.3, 0.4) is 0 Å². The summed E-state index contributed by atoms with van der Waals surface area (Å²) in [5, 5.41) is 7.10. The third-order valence-corrected chi connectivity index (χ3v) is 2.84. The second kappa shape index (κ2) is 5.56. The molecule has 0 fully saturated rings. The summed E-state index contributed by atoms with van der Waals surface area (Å²) in [6.07, 6.45) is 1.75. The van der Waals surface area contributed by atoms with Crippen molar-refractivity contribution in [3.8, 4) is 5.75 Å². The summed E-state index contributed by atoms with van der Waals surface area (Å²) < 4.78 is 6.87. The lowest BCUT2D eigenvalue weighted by Crippen LogP contribution is -2.12. The van der Waals surface area contributed by atoms with Gasteiger partial charge >= 0.3 is 0 Å². The van der Waals surface area contributed by atoms with Crippen LogP contribution in [0.5, 0.6) is 5.75 Å². The van der Waals surface area contributed by atoms with Gasteiger partial charge in [-0.1, -0.05) is 6.07 Å². The van der Waals surface area contributed by atoms with Crippen LogP contribution >= 0.6 is 0 Å². The number of nitrogens with zero attached hydrogens (tertiary/aromatic N) is 2. The first-order valence-corrected chi connectivity index (χ1v) is 6.13. The molecule has 2 rings (SSSR count). The predicted molar refractivity (Wildman–Crippen MR) is 73.6 cm³/mol. The average molecular weight is 259 g/mol. The lowest BCUT2D eigenvalue weighted by atomic mass is 10.2. The number of anilines is 1. The van der Waals surface area contributed by atoms with E-state index in [1.54, 1.807) is 24.1 Å². The third kappa shape index (κ3) is 2.93. The van der Waals surface area contributed by atoms with Crippen LogP contribution in [0.25, 0.3) is 0 Å². The Morgan fingerprint density at radius 3 is 2.89 bits per heavy atom. The maximum Gasteiger partial charge on any atom is 0.259 e. The van der Waals surface area contributed by atoms with E-state index in [1.807, 2.05) is 32.0 Å². The van der Waals surface area contributed by atoms with Crippen LogP contribution in [0.1, 0.15) is 23.0 Å². The van der Waals surface area contributed by atoms with Crippen LogP contribution in [0, 0.1) is 6.92 Å². The van der Waals surface area contributed by atoms with Gasteiger partial charge in [-0.25, -0.2) is 0 Å². The van der Waals surface area contributed by atoms with E-state index in [4.69, 9.17) is 4.74 Å². The molecule has 1 heterocycles. The molecule has 1 amide bonds. The van der Waals surface area contributed by atoms with Crippen molar-refractivity contribution >= 4 is 11.6 Å². The number of hydrogen-bond acceptors (Lipinski definition) is 3. The van der Waals surface area contributed by atoms with Gasteiger partial charge in [-0.3, -0.25) is 9.48 Å². The number of ether oxygens (including phenoxy) is 1. The average Bonchev–Trinajstić information content (AvgIpc) is 2.80. The molecule has 5 heteroatoms. The molecule has 19 heavy (non-hydrogen) atoms. The molecule has 0 bridgehead atoms. The van der Waals surface area contributed by atoms with Gasteiger partial charge in [0.15, 0.2) is 0 Å².